The molecule has 38 heavy (non-hydrogen) atoms. The summed E-state index contributed by atoms with van der Waals surface area (Å²) in [5.74, 6) is -1.22. The van der Waals surface area contributed by atoms with E-state index in [2.05, 4.69) is 23.3 Å². The Kier molecular flexibility index (Phi) is 12.4. The van der Waals surface area contributed by atoms with Gasteiger partial charge in [0.05, 0.1) is 25.4 Å². The first kappa shape index (κ1) is 30.9. The van der Waals surface area contributed by atoms with Gasteiger partial charge in [0.1, 0.15) is 11.5 Å². The molecule has 1 aliphatic heterocycles. The van der Waals surface area contributed by atoms with Crippen molar-refractivity contribution in [3.63, 3.8) is 0 Å². The van der Waals surface area contributed by atoms with E-state index in [0.717, 1.165) is 55.1 Å². The fraction of sp³-hybridized carbons (Fsp3) is 0.379. The zero-order valence-corrected chi connectivity index (χ0v) is 22.1. The number of ether oxygens (including phenoxy) is 2. The number of halogens is 4. The van der Waals surface area contributed by atoms with E-state index in [4.69, 9.17) is 9.47 Å². The minimum Gasteiger partial charge on any atom is -0.461 e. The smallest absolute Gasteiger partial charge is 0.416 e. The molecule has 2 aromatic carbocycles. The predicted octanol–water partition coefficient (Wildman–Crippen LogP) is 6.56. The van der Waals surface area contributed by atoms with E-state index in [-0.39, 0.29) is 5.97 Å². The van der Waals surface area contributed by atoms with Gasteiger partial charge in [-0.1, -0.05) is 31.2 Å². The van der Waals surface area contributed by atoms with Crippen LogP contribution >= 0.6 is 0 Å². The van der Waals surface area contributed by atoms with Gasteiger partial charge in [0.15, 0.2) is 0 Å². The van der Waals surface area contributed by atoms with Crippen molar-refractivity contribution in [2.45, 2.75) is 40.3 Å². The molecule has 0 aliphatic carbocycles. The van der Waals surface area contributed by atoms with Gasteiger partial charge >= 0.3 is 12.1 Å². The molecular formula is C29H34F4N2O3. The molecule has 2 heterocycles. The fourth-order valence-electron chi connectivity index (χ4n) is 3.54. The average molecular weight is 535 g/mol. The molecule has 0 saturated carbocycles. The Hall–Kier alpha value is -3.30. The van der Waals surface area contributed by atoms with Crippen LogP contribution in [-0.4, -0.2) is 43.9 Å². The summed E-state index contributed by atoms with van der Waals surface area (Å²) in [4.78, 5) is 15.9. The second kappa shape index (κ2) is 15.2. The number of esters is 1. The molecule has 0 atom stereocenters. The van der Waals surface area contributed by atoms with Crippen molar-refractivity contribution in [2.75, 3.05) is 32.9 Å². The van der Waals surface area contributed by atoms with Crippen molar-refractivity contribution in [3.05, 3.63) is 88.5 Å². The van der Waals surface area contributed by atoms with Crippen LogP contribution < -0.4 is 5.32 Å². The van der Waals surface area contributed by atoms with Crippen LogP contribution in [0.2, 0.25) is 0 Å². The molecule has 9 heteroatoms. The van der Waals surface area contributed by atoms with Crippen molar-refractivity contribution < 1.29 is 31.8 Å². The lowest BCUT2D eigenvalue weighted by molar-refractivity contribution is -0.137. The van der Waals surface area contributed by atoms with Gasteiger partial charge in [0, 0.05) is 19.3 Å². The zero-order chi connectivity index (χ0) is 28.1. The highest BCUT2D eigenvalue weighted by atomic mass is 19.4. The van der Waals surface area contributed by atoms with Crippen molar-refractivity contribution in [2.24, 2.45) is 0 Å². The molecule has 1 saturated heterocycles. The van der Waals surface area contributed by atoms with Gasteiger partial charge < -0.3 is 14.8 Å². The molecule has 0 spiro atoms. The summed E-state index contributed by atoms with van der Waals surface area (Å²) < 4.78 is 59.0. The first-order valence-corrected chi connectivity index (χ1v) is 12.4. The number of pyridine rings is 1. The number of nitrogens with one attached hydrogen (secondary N) is 1. The Morgan fingerprint density at radius 1 is 1.00 bits per heavy atom. The lowest BCUT2D eigenvalue weighted by Crippen LogP contribution is -2.30. The first-order chi connectivity index (χ1) is 18.1. The predicted molar refractivity (Wildman–Crippen MR) is 140 cm³/mol. The van der Waals surface area contributed by atoms with E-state index in [0.29, 0.717) is 30.4 Å². The number of carbonyl (C=O) groups excluding carboxylic acids is 1. The summed E-state index contributed by atoms with van der Waals surface area (Å²) in [6.07, 6.45) is -2.36. The average Bonchev–Trinajstić information content (AvgIpc) is 2.90. The Morgan fingerprint density at radius 3 is 2.21 bits per heavy atom. The van der Waals surface area contributed by atoms with Crippen LogP contribution in [0.3, 0.4) is 0 Å². The van der Waals surface area contributed by atoms with Crippen LogP contribution in [0.25, 0.3) is 11.1 Å². The van der Waals surface area contributed by atoms with Crippen molar-refractivity contribution in [1.82, 2.24) is 10.3 Å². The molecule has 1 aromatic heterocycles. The minimum absolute atomic E-state index is 0.353. The number of carbonyl (C=O) groups is 1. The lowest BCUT2D eigenvalue weighted by atomic mass is 9.97. The SMILES string of the molecule is C1COCCN1.CCOC(=O)c1cc(-c2ccccc2C)c(C)cn1.CCc1cc(F)cc(C(F)(F)F)c1. The van der Waals surface area contributed by atoms with Crippen LogP contribution in [0, 0.1) is 19.7 Å². The summed E-state index contributed by atoms with van der Waals surface area (Å²) in [6.45, 7) is 11.7. The fourth-order valence-corrected chi connectivity index (χ4v) is 3.54. The second-order valence-corrected chi connectivity index (χ2v) is 8.48. The van der Waals surface area contributed by atoms with E-state index in [1.165, 1.54) is 5.56 Å². The molecule has 4 rings (SSSR count). The number of aromatic nitrogens is 1. The standard InChI is InChI=1S/C16H17NO2.C9H8F4.C4H9NO/c1-4-19-16(18)15-9-14(12(3)10-17-15)13-8-6-5-7-11(13)2;1-2-6-3-7(9(11,12)13)5-8(10)4-6;1-3-6-4-2-5-1/h5-10H,4H2,1-3H3;3-5H,2H2,1H3;5H,1-4H2. The molecule has 5 nitrogen and oxygen atoms in total. The molecular weight excluding hydrogens is 500 g/mol. The normalized spacial score (nSPS) is 12.9. The van der Waals surface area contributed by atoms with Gasteiger partial charge in [-0.15, -0.1) is 0 Å². The van der Waals surface area contributed by atoms with Crippen LogP contribution in [0.15, 0.2) is 54.7 Å². The molecule has 3 aromatic rings. The van der Waals surface area contributed by atoms with E-state index < -0.39 is 17.6 Å². The molecule has 0 unspecified atom stereocenters. The quantitative estimate of drug-likeness (QED) is 0.304. The van der Waals surface area contributed by atoms with Gasteiger partial charge in [-0.2, -0.15) is 13.2 Å². The number of alkyl halides is 3. The molecule has 206 valence electrons. The first-order valence-electron chi connectivity index (χ1n) is 12.4. The molecule has 0 bridgehead atoms. The molecule has 1 N–H and O–H groups in total. The van der Waals surface area contributed by atoms with Crippen molar-refractivity contribution >= 4 is 5.97 Å². The number of aryl methyl sites for hydroxylation is 3. The third-order valence-corrected chi connectivity index (χ3v) is 5.56. The molecule has 1 fully saturated rings. The van der Waals surface area contributed by atoms with Crippen LogP contribution in [0.5, 0.6) is 0 Å². The highest BCUT2D eigenvalue weighted by Gasteiger charge is 2.31. The third kappa shape index (κ3) is 9.87. The van der Waals surface area contributed by atoms with E-state index in [9.17, 15) is 22.4 Å². The topological polar surface area (TPSA) is 60.5 Å². The molecule has 0 amide bonds. The Morgan fingerprint density at radius 2 is 1.68 bits per heavy atom. The maximum absolute atomic E-state index is 12.6. The molecule has 0 radical (unpaired) electrons. The summed E-state index contributed by atoms with van der Waals surface area (Å²) in [6, 6.07) is 12.5. The zero-order valence-electron chi connectivity index (χ0n) is 22.1. The summed E-state index contributed by atoms with van der Waals surface area (Å²) in [7, 11) is 0. The van der Waals surface area contributed by atoms with Crippen molar-refractivity contribution in [1.29, 1.82) is 0 Å². The largest absolute Gasteiger partial charge is 0.461 e. The number of hydrogen-bond donors (Lipinski definition) is 1. The van der Waals surface area contributed by atoms with E-state index in [1.54, 1.807) is 26.1 Å². The number of hydrogen-bond acceptors (Lipinski definition) is 5. The molecule has 1 aliphatic rings. The van der Waals surface area contributed by atoms with Crippen LogP contribution in [0.1, 0.15) is 46.6 Å². The van der Waals surface area contributed by atoms with E-state index >= 15 is 0 Å². The Labute approximate surface area is 221 Å². The number of benzene rings is 2. The summed E-state index contributed by atoms with van der Waals surface area (Å²) in [5, 5.41) is 3.16. The highest BCUT2D eigenvalue weighted by Crippen LogP contribution is 2.30. The maximum Gasteiger partial charge on any atom is 0.416 e. The van der Waals surface area contributed by atoms with Gasteiger partial charge in [0.2, 0.25) is 0 Å². The number of rotatable bonds is 4. The van der Waals surface area contributed by atoms with Crippen LogP contribution in [0.4, 0.5) is 17.6 Å². The van der Waals surface area contributed by atoms with Crippen LogP contribution in [-0.2, 0) is 22.1 Å². The van der Waals surface area contributed by atoms with Gasteiger partial charge in [-0.3, -0.25) is 0 Å². The monoisotopic (exact) mass is 534 g/mol. The Bertz CT molecular complexity index is 1170. The van der Waals surface area contributed by atoms with Crippen molar-refractivity contribution in [3.8, 4) is 11.1 Å². The second-order valence-electron chi connectivity index (χ2n) is 8.48. The summed E-state index contributed by atoms with van der Waals surface area (Å²) in [5.41, 5.74) is 4.14. The number of nitrogens with zero attached hydrogens (tertiary/aromatic N) is 1. The van der Waals surface area contributed by atoms with Gasteiger partial charge in [-0.25, -0.2) is 14.2 Å². The maximum atomic E-state index is 12.6. The minimum atomic E-state index is -4.47. The third-order valence-electron chi connectivity index (χ3n) is 5.56. The summed E-state index contributed by atoms with van der Waals surface area (Å²) >= 11 is 0. The highest BCUT2D eigenvalue weighted by molar-refractivity contribution is 5.89. The van der Waals surface area contributed by atoms with Gasteiger partial charge in [0.25, 0.3) is 0 Å². The van der Waals surface area contributed by atoms with Gasteiger partial charge in [-0.05, 0) is 79.3 Å². The van der Waals surface area contributed by atoms with E-state index in [1.807, 2.05) is 25.1 Å². The number of morpholine rings is 1. The lowest BCUT2D eigenvalue weighted by Gasteiger charge is -2.10. The Balaban J connectivity index is 0.000000229.